The summed E-state index contributed by atoms with van der Waals surface area (Å²) in [5.74, 6) is 1.23. The van der Waals surface area contributed by atoms with Crippen molar-refractivity contribution < 1.29 is 17.9 Å². The van der Waals surface area contributed by atoms with E-state index in [0.29, 0.717) is 22.4 Å². The van der Waals surface area contributed by atoms with E-state index in [1.807, 2.05) is 43.5 Å². The lowest BCUT2D eigenvalue weighted by molar-refractivity contribution is -0.136. The van der Waals surface area contributed by atoms with Crippen molar-refractivity contribution in [2.45, 2.75) is 18.1 Å². The largest absolute Gasteiger partial charge is 0.457 e. The van der Waals surface area contributed by atoms with E-state index in [0.717, 1.165) is 22.2 Å². The van der Waals surface area contributed by atoms with Gasteiger partial charge in [0.25, 0.3) is 0 Å². The third-order valence-electron chi connectivity index (χ3n) is 4.67. The Bertz CT molecular complexity index is 1220. The van der Waals surface area contributed by atoms with Gasteiger partial charge in [-0.05, 0) is 54.1 Å². The molecule has 0 radical (unpaired) electrons. The predicted molar refractivity (Wildman–Crippen MR) is 113 cm³/mol. The van der Waals surface area contributed by atoms with Gasteiger partial charge in [0.2, 0.25) is 0 Å². The molecular formula is C23H17F3N2OS. The van der Waals surface area contributed by atoms with Gasteiger partial charge in [-0.1, -0.05) is 24.3 Å². The molecule has 0 atom stereocenters. The summed E-state index contributed by atoms with van der Waals surface area (Å²) in [5.41, 5.74) is 1.45. The van der Waals surface area contributed by atoms with Crippen LogP contribution in [0.15, 0.2) is 72.0 Å². The normalized spacial score (nSPS) is 11.6. The van der Waals surface area contributed by atoms with Crippen LogP contribution in [0, 0.1) is 6.92 Å². The van der Waals surface area contributed by atoms with Crippen LogP contribution in [0.4, 0.5) is 13.2 Å². The SMILES string of the molecule is CSc1cc(Oc2cccc(-c3c(C)cnc4c(C(F)(F)F)cccc34)c2)ccn1. The zero-order valence-corrected chi connectivity index (χ0v) is 17.0. The van der Waals surface area contributed by atoms with Crippen LogP contribution >= 0.6 is 11.8 Å². The van der Waals surface area contributed by atoms with Crippen LogP contribution in [-0.4, -0.2) is 16.2 Å². The second-order valence-electron chi connectivity index (χ2n) is 6.68. The first kappa shape index (κ1) is 20.2. The maximum atomic E-state index is 13.5. The van der Waals surface area contributed by atoms with Gasteiger partial charge >= 0.3 is 6.18 Å². The zero-order chi connectivity index (χ0) is 21.3. The molecule has 2 aromatic heterocycles. The van der Waals surface area contributed by atoms with Gasteiger partial charge in [-0.2, -0.15) is 13.2 Å². The van der Waals surface area contributed by atoms with E-state index >= 15 is 0 Å². The number of para-hydroxylation sites is 1. The Morgan fingerprint density at radius 2 is 1.70 bits per heavy atom. The molecule has 3 nitrogen and oxygen atoms in total. The third-order valence-corrected chi connectivity index (χ3v) is 5.31. The molecule has 0 spiro atoms. The number of aromatic nitrogens is 2. The summed E-state index contributed by atoms with van der Waals surface area (Å²) in [4.78, 5) is 8.30. The molecule has 0 bridgehead atoms. The number of fused-ring (bicyclic) bond motifs is 1. The van der Waals surface area contributed by atoms with Crippen LogP contribution < -0.4 is 4.74 Å². The number of hydrogen-bond donors (Lipinski definition) is 0. The molecule has 0 aliphatic heterocycles. The van der Waals surface area contributed by atoms with Crippen molar-refractivity contribution in [2.75, 3.05) is 6.26 Å². The van der Waals surface area contributed by atoms with Crippen LogP contribution in [0.3, 0.4) is 0 Å². The average molecular weight is 426 g/mol. The molecule has 0 unspecified atom stereocenters. The third kappa shape index (κ3) is 3.98. The summed E-state index contributed by atoms with van der Waals surface area (Å²) in [5, 5.41) is 1.29. The van der Waals surface area contributed by atoms with Crippen molar-refractivity contribution in [3.63, 3.8) is 0 Å². The maximum Gasteiger partial charge on any atom is 0.418 e. The Kier molecular flexibility index (Phi) is 5.39. The first-order valence-corrected chi connectivity index (χ1v) is 10.3. The number of ether oxygens (including phenoxy) is 1. The first-order valence-electron chi connectivity index (χ1n) is 9.10. The van der Waals surface area contributed by atoms with Crippen LogP contribution in [0.5, 0.6) is 11.5 Å². The Morgan fingerprint density at radius 3 is 2.47 bits per heavy atom. The van der Waals surface area contributed by atoms with Gasteiger partial charge in [-0.15, -0.1) is 11.8 Å². The highest BCUT2D eigenvalue weighted by molar-refractivity contribution is 7.98. The molecule has 4 aromatic rings. The van der Waals surface area contributed by atoms with Crippen LogP contribution in [0.25, 0.3) is 22.0 Å². The van der Waals surface area contributed by atoms with E-state index in [-0.39, 0.29) is 5.52 Å². The van der Waals surface area contributed by atoms with Crippen molar-refractivity contribution in [3.8, 4) is 22.6 Å². The quantitative estimate of drug-likeness (QED) is 0.325. The summed E-state index contributed by atoms with van der Waals surface area (Å²) in [6.45, 7) is 1.84. The van der Waals surface area contributed by atoms with Crippen LogP contribution in [0.1, 0.15) is 11.1 Å². The highest BCUT2D eigenvalue weighted by Crippen LogP contribution is 2.39. The molecule has 0 aliphatic rings. The van der Waals surface area contributed by atoms with E-state index < -0.39 is 11.7 Å². The summed E-state index contributed by atoms with van der Waals surface area (Å²) in [7, 11) is 0. The summed E-state index contributed by atoms with van der Waals surface area (Å²) in [6, 6.07) is 15.0. The summed E-state index contributed by atoms with van der Waals surface area (Å²) >= 11 is 1.51. The van der Waals surface area contributed by atoms with Gasteiger partial charge in [0, 0.05) is 23.8 Å². The maximum absolute atomic E-state index is 13.5. The molecule has 0 N–H and O–H groups in total. The van der Waals surface area contributed by atoms with E-state index in [2.05, 4.69) is 9.97 Å². The van der Waals surface area contributed by atoms with Crippen molar-refractivity contribution in [3.05, 3.63) is 78.1 Å². The number of halogens is 3. The summed E-state index contributed by atoms with van der Waals surface area (Å²) < 4.78 is 46.3. The second-order valence-corrected chi connectivity index (χ2v) is 7.51. The average Bonchev–Trinajstić information content (AvgIpc) is 2.73. The second kappa shape index (κ2) is 7.99. The Hall–Kier alpha value is -3.06. The van der Waals surface area contributed by atoms with Gasteiger partial charge in [0.15, 0.2) is 0 Å². The Labute approximate surface area is 175 Å². The number of hydrogen-bond acceptors (Lipinski definition) is 4. The number of benzene rings is 2. The molecule has 152 valence electrons. The fourth-order valence-electron chi connectivity index (χ4n) is 3.35. The molecule has 30 heavy (non-hydrogen) atoms. The fourth-order valence-corrected chi connectivity index (χ4v) is 3.75. The van der Waals surface area contributed by atoms with E-state index in [1.165, 1.54) is 24.0 Å². The number of thioether (sulfide) groups is 1. The topological polar surface area (TPSA) is 35.0 Å². The molecule has 4 rings (SSSR count). The Morgan fingerprint density at radius 1 is 0.933 bits per heavy atom. The molecule has 0 saturated carbocycles. The molecule has 0 amide bonds. The van der Waals surface area contributed by atoms with Gasteiger partial charge in [0.05, 0.1) is 16.1 Å². The minimum Gasteiger partial charge on any atom is -0.457 e. The van der Waals surface area contributed by atoms with Gasteiger partial charge in [-0.25, -0.2) is 4.98 Å². The lowest BCUT2D eigenvalue weighted by Crippen LogP contribution is -2.07. The van der Waals surface area contributed by atoms with Crippen LogP contribution in [0.2, 0.25) is 0 Å². The first-order chi connectivity index (χ1) is 14.4. The van der Waals surface area contributed by atoms with Gasteiger partial charge in [0.1, 0.15) is 11.5 Å². The smallest absolute Gasteiger partial charge is 0.418 e. The zero-order valence-electron chi connectivity index (χ0n) is 16.2. The number of nitrogens with zero attached hydrogens (tertiary/aromatic N) is 2. The highest BCUT2D eigenvalue weighted by atomic mass is 32.2. The lowest BCUT2D eigenvalue weighted by Gasteiger charge is -2.15. The van der Waals surface area contributed by atoms with Crippen molar-refractivity contribution in [1.82, 2.24) is 9.97 Å². The Balaban J connectivity index is 1.81. The number of alkyl halides is 3. The predicted octanol–water partition coefficient (Wildman–Crippen LogP) is 7.14. The van der Waals surface area contributed by atoms with E-state index in [9.17, 15) is 13.2 Å². The molecule has 2 heterocycles. The molecule has 0 aliphatic carbocycles. The van der Waals surface area contributed by atoms with Crippen molar-refractivity contribution in [1.29, 1.82) is 0 Å². The minimum atomic E-state index is -4.47. The molecule has 0 fully saturated rings. The fraction of sp³-hybridized carbons (Fsp3) is 0.130. The molecular weight excluding hydrogens is 409 g/mol. The molecule has 7 heteroatoms. The molecule has 0 saturated heterocycles. The highest BCUT2D eigenvalue weighted by Gasteiger charge is 2.33. The molecule has 2 aromatic carbocycles. The number of rotatable bonds is 4. The van der Waals surface area contributed by atoms with Gasteiger partial charge in [-0.3, -0.25) is 4.98 Å². The van der Waals surface area contributed by atoms with Crippen molar-refractivity contribution in [2.24, 2.45) is 0 Å². The minimum absolute atomic E-state index is 0.0596. The van der Waals surface area contributed by atoms with E-state index in [4.69, 9.17) is 4.74 Å². The standard InChI is InChI=1S/C23H17F3N2OS/c1-14-13-28-22-18(7-4-8-19(22)23(24,25)26)21(14)15-5-3-6-16(11-15)29-17-9-10-27-20(12-17)30-2/h3-13H,1-2H3. The number of pyridine rings is 2. The van der Waals surface area contributed by atoms with Gasteiger partial charge < -0.3 is 4.74 Å². The van der Waals surface area contributed by atoms with Crippen LogP contribution in [-0.2, 0) is 6.18 Å². The monoisotopic (exact) mass is 426 g/mol. The van der Waals surface area contributed by atoms with Crippen molar-refractivity contribution >= 4 is 22.7 Å². The number of aryl methyl sites for hydroxylation is 1. The lowest BCUT2D eigenvalue weighted by atomic mass is 9.95. The summed E-state index contributed by atoms with van der Waals surface area (Å²) in [6.07, 6.45) is 0.609. The van der Waals surface area contributed by atoms with E-state index in [1.54, 1.807) is 18.3 Å².